The van der Waals surface area contributed by atoms with E-state index in [1.807, 2.05) is 11.5 Å². The molecule has 1 aliphatic heterocycles. The highest BCUT2D eigenvalue weighted by molar-refractivity contribution is 9.10. The number of halogens is 1. The summed E-state index contributed by atoms with van der Waals surface area (Å²) in [6, 6.07) is 0. The largest absolute Gasteiger partial charge is 0.316 e. The second-order valence-electron chi connectivity index (χ2n) is 2.99. The van der Waals surface area contributed by atoms with Crippen LogP contribution in [-0.4, -0.2) is 15.3 Å². The van der Waals surface area contributed by atoms with Gasteiger partial charge in [0, 0.05) is 13.0 Å². The third kappa shape index (κ3) is 1.02. The van der Waals surface area contributed by atoms with Crippen LogP contribution in [0.15, 0.2) is 4.73 Å². The molecule has 0 bridgehead atoms. The summed E-state index contributed by atoms with van der Waals surface area (Å²) in [6.45, 7) is 2.78. The molecule has 3 nitrogen and oxygen atoms in total. The number of hydrogen-bond acceptors (Lipinski definition) is 2. The van der Waals surface area contributed by atoms with E-state index in [2.05, 4.69) is 20.9 Å². The second kappa shape index (κ2) is 2.69. The maximum Gasteiger partial charge on any atom is 0.181 e. The van der Waals surface area contributed by atoms with Gasteiger partial charge in [0.05, 0.1) is 5.69 Å². The van der Waals surface area contributed by atoms with E-state index in [0.717, 1.165) is 29.1 Å². The number of Topliss-reactive ketones (excluding diaryl/α,β-unsaturated/α-hetero) is 1. The number of carbonyl (C=O) groups excluding carboxylic acids is 1. The van der Waals surface area contributed by atoms with Gasteiger partial charge in [0.25, 0.3) is 0 Å². The molecule has 0 radical (unpaired) electrons. The van der Waals surface area contributed by atoms with Crippen molar-refractivity contribution in [3.63, 3.8) is 0 Å². The van der Waals surface area contributed by atoms with Crippen LogP contribution in [0.25, 0.3) is 0 Å². The van der Waals surface area contributed by atoms with E-state index in [1.165, 1.54) is 0 Å². The number of nitrogens with zero attached hydrogens (tertiary/aromatic N) is 2. The fourth-order valence-corrected chi connectivity index (χ4v) is 2.23. The zero-order valence-electron chi connectivity index (χ0n) is 6.80. The molecule has 0 spiro atoms. The van der Waals surface area contributed by atoms with Crippen LogP contribution in [0.3, 0.4) is 0 Å². The molecular weight excluding hydrogens is 220 g/mol. The highest BCUT2D eigenvalue weighted by Gasteiger charge is 2.22. The minimum atomic E-state index is 0.219. The number of carbonyl (C=O) groups is 1. The van der Waals surface area contributed by atoms with Crippen molar-refractivity contribution >= 4 is 21.7 Å². The van der Waals surface area contributed by atoms with Crippen LogP contribution >= 0.6 is 15.9 Å². The summed E-state index contributed by atoms with van der Waals surface area (Å²) in [7, 11) is 0. The molecular formula is C8H9BrN2O. The first-order valence-corrected chi connectivity index (χ1v) is 4.75. The van der Waals surface area contributed by atoms with Crippen LogP contribution in [0, 0.1) is 6.92 Å². The van der Waals surface area contributed by atoms with Gasteiger partial charge in [-0.15, -0.1) is 0 Å². The quantitative estimate of drug-likeness (QED) is 0.681. The van der Waals surface area contributed by atoms with Crippen molar-refractivity contribution < 1.29 is 4.79 Å². The molecule has 0 aromatic carbocycles. The van der Waals surface area contributed by atoms with E-state index in [4.69, 9.17) is 0 Å². The number of hydrogen-bond donors (Lipinski definition) is 0. The summed E-state index contributed by atoms with van der Waals surface area (Å²) in [5.74, 6) is 0.219. The second-order valence-corrected chi connectivity index (χ2v) is 3.70. The first-order valence-electron chi connectivity index (χ1n) is 3.96. The topological polar surface area (TPSA) is 34.9 Å². The Morgan fingerprint density at radius 3 is 3.00 bits per heavy atom. The Bertz CT molecular complexity index is 343. The molecule has 1 aromatic heterocycles. The number of ketones is 1. The lowest BCUT2D eigenvalue weighted by molar-refractivity contribution is 0.0954. The van der Waals surface area contributed by atoms with Gasteiger partial charge in [-0.1, -0.05) is 0 Å². The number of aromatic nitrogens is 2. The van der Waals surface area contributed by atoms with E-state index in [0.29, 0.717) is 6.42 Å². The fourth-order valence-electron chi connectivity index (χ4n) is 1.61. The molecule has 2 heterocycles. The van der Waals surface area contributed by atoms with Crippen LogP contribution in [0.2, 0.25) is 0 Å². The Morgan fingerprint density at radius 2 is 2.33 bits per heavy atom. The van der Waals surface area contributed by atoms with Gasteiger partial charge in [-0.25, -0.2) is 4.98 Å². The molecule has 2 rings (SSSR count). The van der Waals surface area contributed by atoms with Crippen molar-refractivity contribution in [1.29, 1.82) is 0 Å². The van der Waals surface area contributed by atoms with E-state index < -0.39 is 0 Å². The normalized spacial score (nSPS) is 16.3. The van der Waals surface area contributed by atoms with Gasteiger partial charge in [-0.2, -0.15) is 0 Å². The van der Waals surface area contributed by atoms with Crippen molar-refractivity contribution in [2.45, 2.75) is 26.3 Å². The van der Waals surface area contributed by atoms with E-state index in [9.17, 15) is 4.79 Å². The lowest BCUT2D eigenvalue weighted by Crippen LogP contribution is -2.17. The molecule has 12 heavy (non-hydrogen) atoms. The molecule has 0 saturated heterocycles. The van der Waals surface area contributed by atoms with Gasteiger partial charge >= 0.3 is 0 Å². The molecule has 0 atom stereocenters. The van der Waals surface area contributed by atoms with Crippen LogP contribution < -0.4 is 0 Å². The summed E-state index contributed by atoms with van der Waals surface area (Å²) < 4.78 is 2.73. The number of fused-ring (bicyclic) bond motifs is 1. The summed E-state index contributed by atoms with van der Waals surface area (Å²) >= 11 is 3.33. The number of imidazole rings is 1. The Hall–Kier alpha value is -0.640. The van der Waals surface area contributed by atoms with Gasteiger partial charge < -0.3 is 4.57 Å². The van der Waals surface area contributed by atoms with Crippen molar-refractivity contribution in [3.8, 4) is 0 Å². The maximum atomic E-state index is 11.4. The smallest absolute Gasteiger partial charge is 0.181 e. The summed E-state index contributed by atoms with van der Waals surface area (Å²) in [6.07, 6.45) is 1.60. The fraction of sp³-hybridized carbons (Fsp3) is 0.500. The van der Waals surface area contributed by atoms with E-state index >= 15 is 0 Å². The monoisotopic (exact) mass is 228 g/mol. The SMILES string of the molecule is Cc1nc(Br)n2c1C(=O)CCC2. The number of rotatable bonds is 0. The highest BCUT2D eigenvalue weighted by Crippen LogP contribution is 2.23. The van der Waals surface area contributed by atoms with Crippen LogP contribution in [0.5, 0.6) is 0 Å². The van der Waals surface area contributed by atoms with Crippen LogP contribution in [0.1, 0.15) is 29.0 Å². The Labute approximate surface area is 78.9 Å². The Morgan fingerprint density at radius 1 is 1.58 bits per heavy atom. The Balaban J connectivity index is 2.62. The molecule has 1 aromatic rings. The molecule has 0 fully saturated rings. The van der Waals surface area contributed by atoms with Crippen molar-refractivity contribution in [1.82, 2.24) is 9.55 Å². The van der Waals surface area contributed by atoms with Gasteiger partial charge in [0.2, 0.25) is 0 Å². The molecule has 0 saturated carbocycles. The minimum absolute atomic E-state index is 0.219. The molecule has 0 aliphatic carbocycles. The van der Waals surface area contributed by atoms with Crippen molar-refractivity contribution in [2.75, 3.05) is 0 Å². The zero-order valence-corrected chi connectivity index (χ0v) is 8.39. The molecule has 0 amide bonds. The predicted octanol–water partition coefficient (Wildman–Crippen LogP) is 1.93. The first-order chi connectivity index (χ1) is 5.70. The molecule has 1 aliphatic rings. The highest BCUT2D eigenvalue weighted by atomic mass is 79.9. The van der Waals surface area contributed by atoms with E-state index in [-0.39, 0.29) is 5.78 Å². The van der Waals surface area contributed by atoms with Crippen molar-refractivity contribution in [2.24, 2.45) is 0 Å². The molecule has 0 N–H and O–H groups in total. The molecule has 0 unspecified atom stereocenters. The third-order valence-corrected chi connectivity index (χ3v) is 2.75. The first kappa shape index (κ1) is 7.98. The summed E-state index contributed by atoms with van der Waals surface area (Å²) in [5, 5.41) is 0. The maximum absolute atomic E-state index is 11.4. The zero-order chi connectivity index (χ0) is 8.72. The van der Waals surface area contributed by atoms with E-state index in [1.54, 1.807) is 0 Å². The van der Waals surface area contributed by atoms with Gasteiger partial charge in [-0.3, -0.25) is 4.79 Å². The Kier molecular flexibility index (Phi) is 1.79. The average Bonchev–Trinajstić information content (AvgIpc) is 2.29. The van der Waals surface area contributed by atoms with Gasteiger partial charge in [0.1, 0.15) is 5.69 Å². The summed E-state index contributed by atoms with van der Waals surface area (Å²) in [5.41, 5.74) is 1.62. The standard InChI is InChI=1S/C8H9BrN2O/c1-5-7-6(12)3-2-4-11(7)8(9)10-5/h2-4H2,1H3. The average molecular weight is 229 g/mol. The predicted molar refractivity (Wildman–Crippen MR) is 48.2 cm³/mol. The molecule has 4 heteroatoms. The lowest BCUT2D eigenvalue weighted by atomic mass is 10.1. The molecule has 64 valence electrons. The van der Waals surface area contributed by atoms with Crippen LogP contribution in [0.4, 0.5) is 0 Å². The lowest BCUT2D eigenvalue weighted by Gasteiger charge is -2.13. The van der Waals surface area contributed by atoms with Gasteiger partial charge in [-0.05, 0) is 29.3 Å². The third-order valence-electron chi connectivity index (χ3n) is 2.14. The van der Waals surface area contributed by atoms with Crippen molar-refractivity contribution in [3.05, 3.63) is 16.1 Å². The van der Waals surface area contributed by atoms with Gasteiger partial charge in [0.15, 0.2) is 10.5 Å². The number of aryl methyl sites for hydroxylation is 1. The van der Waals surface area contributed by atoms with Crippen LogP contribution in [-0.2, 0) is 6.54 Å². The minimum Gasteiger partial charge on any atom is -0.316 e. The summed E-state index contributed by atoms with van der Waals surface area (Å²) in [4.78, 5) is 15.6.